The van der Waals surface area contributed by atoms with Gasteiger partial charge in [0, 0.05) is 12.7 Å². The molecule has 2 heterocycles. The molecule has 1 aromatic heterocycles. The van der Waals surface area contributed by atoms with Crippen molar-refractivity contribution < 1.29 is 0 Å². The molecule has 0 amide bonds. The van der Waals surface area contributed by atoms with E-state index < -0.39 is 0 Å². The van der Waals surface area contributed by atoms with Crippen molar-refractivity contribution >= 4 is 5.82 Å². The summed E-state index contributed by atoms with van der Waals surface area (Å²) in [5, 5.41) is 3.41. The van der Waals surface area contributed by atoms with Crippen LogP contribution in [-0.2, 0) is 5.41 Å². The molecule has 0 spiro atoms. The van der Waals surface area contributed by atoms with E-state index in [0.29, 0.717) is 0 Å². The molecule has 1 aliphatic heterocycles. The smallest absolute Gasteiger partial charge is 0.125 e. The van der Waals surface area contributed by atoms with Crippen LogP contribution in [-0.4, -0.2) is 36.1 Å². The lowest BCUT2D eigenvalue weighted by atomic mass is 9.88. The predicted molar refractivity (Wildman–Crippen MR) is 81.7 cm³/mol. The maximum Gasteiger partial charge on any atom is 0.125 e. The molecule has 0 saturated carbocycles. The zero-order valence-corrected chi connectivity index (χ0v) is 12.6. The van der Waals surface area contributed by atoms with E-state index in [2.05, 4.69) is 48.1 Å². The number of nitrogens with zero attached hydrogens (tertiary/aromatic N) is 2. The summed E-state index contributed by atoms with van der Waals surface area (Å²) in [5.74, 6) is 0.995. The Morgan fingerprint density at radius 3 is 2.53 bits per heavy atom. The van der Waals surface area contributed by atoms with Crippen molar-refractivity contribution in [3.05, 3.63) is 23.9 Å². The second-order valence-corrected chi connectivity index (χ2v) is 6.51. The van der Waals surface area contributed by atoms with E-state index in [-0.39, 0.29) is 5.41 Å². The summed E-state index contributed by atoms with van der Waals surface area (Å²) >= 11 is 0. The zero-order valence-electron chi connectivity index (χ0n) is 12.6. The van der Waals surface area contributed by atoms with Crippen LogP contribution in [0, 0.1) is 0 Å². The average Bonchev–Trinajstić information content (AvgIpc) is 2.87. The van der Waals surface area contributed by atoms with E-state index in [1.807, 2.05) is 6.20 Å². The fourth-order valence-corrected chi connectivity index (χ4v) is 2.47. The van der Waals surface area contributed by atoms with E-state index in [1.54, 1.807) is 0 Å². The number of rotatable bonds is 5. The van der Waals surface area contributed by atoms with Gasteiger partial charge in [0.2, 0.25) is 0 Å². The average molecular weight is 261 g/mol. The molecule has 0 aromatic carbocycles. The molecule has 0 aliphatic carbocycles. The van der Waals surface area contributed by atoms with Gasteiger partial charge < -0.3 is 10.2 Å². The normalized spacial score (nSPS) is 16.8. The quantitative estimate of drug-likeness (QED) is 0.825. The Morgan fingerprint density at radius 2 is 1.95 bits per heavy atom. The van der Waals surface area contributed by atoms with Gasteiger partial charge in [0.25, 0.3) is 0 Å². The molecule has 1 aromatic rings. The fourth-order valence-electron chi connectivity index (χ4n) is 2.47. The largest absolute Gasteiger partial charge is 0.370 e. The van der Waals surface area contributed by atoms with Crippen molar-refractivity contribution in [2.45, 2.75) is 45.4 Å². The van der Waals surface area contributed by atoms with Gasteiger partial charge in [-0.15, -0.1) is 0 Å². The maximum absolute atomic E-state index is 4.49. The van der Waals surface area contributed by atoms with Crippen LogP contribution in [0.3, 0.4) is 0 Å². The molecule has 0 bridgehead atoms. The second-order valence-electron chi connectivity index (χ2n) is 6.51. The first-order valence-electron chi connectivity index (χ1n) is 7.48. The Kier molecular flexibility index (Phi) is 4.81. The Morgan fingerprint density at radius 1 is 1.21 bits per heavy atom. The molecule has 1 N–H and O–H groups in total. The first kappa shape index (κ1) is 14.3. The standard InChI is InChI=1S/C16H27N3/c1-16(2,3)14-7-8-15(18-13-14)17-9-6-12-19-10-4-5-11-19/h7-8,13H,4-6,9-12H2,1-3H3,(H,17,18). The van der Waals surface area contributed by atoms with Gasteiger partial charge in [0.1, 0.15) is 5.82 Å². The number of aromatic nitrogens is 1. The molecule has 1 saturated heterocycles. The topological polar surface area (TPSA) is 28.2 Å². The van der Waals surface area contributed by atoms with Crippen LogP contribution in [0.1, 0.15) is 45.6 Å². The SMILES string of the molecule is CC(C)(C)c1ccc(NCCCN2CCCC2)nc1. The summed E-state index contributed by atoms with van der Waals surface area (Å²) in [6.07, 6.45) is 5.94. The molecule has 106 valence electrons. The lowest BCUT2D eigenvalue weighted by Crippen LogP contribution is -2.22. The molecule has 0 atom stereocenters. The zero-order chi connectivity index (χ0) is 13.7. The molecular formula is C16H27N3. The van der Waals surface area contributed by atoms with Crippen LogP contribution < -0.4 is 5.32 Å². The van der Waals surface area contributed by atoms with Crippen molar-refractivity contribution in [3.63, 3.8) is 0 Å². The van der Waals surface area contributed by atoms with Gasteiger partial charge in [-0.05, 0) is 55.9 Å². The minimum absolute atomic E-state index is 0.182. The van der Waals surface area contributed by atoms with Crippen LogP contribution in [0.4, 0.5) is 5.82 Å². The van der Waals surface area contributed by atoms with Crippen LogP contribution in [0.15, 0.2) is 18.3 Å². The monoisotopic (exact) mass is 261 g/mol. The number of hydrogen-bond donors (Lipinski definition) is 1. The summed E-state index contributed by atoms with van der Waals surface area (Å²) in [5.41, 5.74) is 1.47. The molecule has 0 radical (unpaired) electrons. The molecule has 1 fully saturated rings. The summed E-state index contributed by atoms with van der Waals surface area (Å²) in [7, 11) is 0. The van der Waals surface area contributed by atoms with E-state index in [9.17, 15) is 0 Å². The first-order chi connectivity index (χ1) is 9.05. The highest BCUT2D eigenvalue weighted by molar-refractivity contribution is 5.36. The summed E-state index contributed by atoms with van der Waals surface area (Å²) in [6, 6.07) is 4.27. The third-order valence-electron chi connectivity index (χ3n) is 3.79. The fraction of sp³-hybridized carbons (Fsp3) is 0.688. The third-order valence-corrected chi connectivity index (χ3v) is 3.79. The Labute approximate surface area is 117 Å². The van der Waals surface area contributed by atoms with Gasteiger partial charge in [-0.25, -0.2) is 4.98 Å². The van der Waals surface area contributed by atoms with E-state index in [4.69, 9.17) is 0 Å². The molecule has 3 heteroatoms. The number of hydrogen-bond acceptors (Lipinski definition) is 3. The van der Waals surface area contributed by atoms with Crippen LogP contribution in [0.5, 0.6) is 0 Å². The van der Waals surface area contributed by atoms with Crippen molar-refractivity contribution in [1.82, 2.24) is 9.88 Å². The van der Waals surface area contributed by atoms with Crippen molar-refractivity contribution in [2.75, 3.05) is 31.5 Å². The van der Waals surface area contributed by atoms with Gasteiger partial charge in [-0.3, -0.25) is 0 Å². The minimum Gasteiger partial charge on any atom is -0.370 e. The van der Waals surface area contributed by atoms with Gasteiger partial charge in [0.05, 0.1) is 0 Å². The van der Waals surface area contributed by atoms with Gasteiger partial charge in [-0.1, -0.05) is 26.8 Å². The highest BCUT2D eigenvalue weighted by Gasteiger charge is 2.13. The van der Waals surface area contributed by atoms with Gasteiger partial charge in [-0.2, -0.15) is 0 Å². The second kappa shape index (κ2) is 6.38. The summed E-state index contributed by atoms with van der Waals surface area (Å²) in [6.45, 7) is 11.5. The van der Waals surface area contributed by atoms with Crippen LogP contribution >= 0.6 is 0 Å². The maximum atomic E-state index is 4.49. The molecule has 0 unspecified atom stereocenters. The van der Waals surface area contributed by atoms with Crippen molar-refractivity contribution in [1.29, 1.82) is 0 Å². The van der Waals surface area contributed by atoms with E-state index in [0.717, 1.165) is 12.4 Å². The lowest BCUT2D eigenvalue weighted by Gasteiger charge is -2.19. The van der Waals surface area contributed by atoms with Crippen LogP contribution in [0.25, 0.3) is 0 Å². The third kappa shape index (κ3) is 4.50. The number of pyridine rings is 1. The van der Waals surface area contributed by atoms with Gasteiger partial charge >= 0.3 is 0 Å². The Bertz CT molecular complexity index is 372. The molecular weight excluding hydrogens is 234 g/mol. The summed E-state index contributed by atoms with van der Waals surface area (Å²) < 4.78 is 0. The molecule has 1 aliphatic rings. The summed E-state index contributed by atoms with van der Waals surface area (Å²) in [4.78, 5) is 7.04. The van der Waals surface area contributed by atoms with Crippen LogP contribution in [0.2, 0.25) is 0 Å². The first-order valence-corrected chi connectivity index (χ1v) is 7.48. The number of likely N-dealkylation sites (tertiary alicyclic amines) is 1. The minimum atomic E-state index is 0.182. The van der Waals surface area contributed by atoms with Crippen molar-refractivity contribution in [2.24, 2.45) is 0 Å². The molecule has 2 rings (SSSR count). The Hall–Kier alpha value is -1.09. The molecule has 19 heavy (non-hydrogen) atoms. The number of nitrogens with one attached hydrogen (secondary N) is 1. The lowest BCUT2D eigenvalue weighted by molar-refractivity contribution is 0.337. The predicted octanol–water partition coefficient (Wildman–Crippen LogP) is 3.28. The van der Waals surface area contributed by atoms with Gasteiger partial charge in [0.15, 0.2) is 0 Å². The van der Waals surface area contributed by atoms with E-state index >= 15 is 0 Å². The van der Waals surface area contributed by atoms with Crippen molar-refractivity contribution in [3.8, 4) is 0 Å². The van der Waals surface area contributed by atoms with E-state index in [1.165, 1.54) is 44.5 Å². The molecule has 3 nitrogen and oxygen atoms in total. The number of anilines is 1. The Balaban J connectivity index is 1.71. The highest BCUT2D eigenvalue weighted by atomic mass is 15.1. The highest BCUT2D eigenvalue weighted by Crippen LogP contribution is 2.21.